The Balaban J connectivity index is 1.55. The summed E-state index contributed by atoms with van der Waals surface area (Å²) in [6.45, 7) is 7.63. The number of ether oxygens (including phenoxy) is 1. The lowest BCUT2D eigenvalue weighted by Gasteiger charge is -2.36. The summed E-state index contributed by atoms with van der Waals surface area (Å²) in [5, 5.41) is 8.67. The van der Waals surface area contributed by atoms with Gasteiger partial charge in [-0.05, 0) is 47.7 Å². The highest BCUT2D eigenvalue weighted by Gasteiger charge is 2.23. The molecule has 0 bridgehead atoms. The maximum atomic E-state index is 13.2. The van der Waals surface area contributed by atoms with Gasteiger partial charge in [0.1, 0.15) is 5.75 Å². The van der Waals surface area contributed by atoms with Crippen LogP contribution in [-0.4, -0.2) is 56.3 Å². The fraction of sp³-hybridized carbons (Fsp3) is 0.391. The maximum Gasteiger partial charge on any atom is 0.425 e. The zero-order valence-corrected chi connectivity index (χ0v) is 18.6. The molecule has 9 heteroatoms. The summed E-state index contributed by atoms with van der Waals surface area (Å²) in [7, 11) is 1.64. The van der Waals surface area contributed by atoms with E-state index >= 15 is 0 Å². The van der Waals surface area contributed by atoms with Crippen LogP contribution in [0, 0.1) is 0 Å². The van der Waals surface area contributed by atoms with Crippen molar-refractivity contribution < 1.29 is 9.72 Å². The molecule has 1 aromatic carbocycles. The quantitative estimate of drug-likeness (QED) is 0.506. The Labute approximate surface area is 185 Å². The fourth-order valence-corrected chi connectivity index (χ4v) is 4.67. The molecule has 1 aliphatic heterocycles. The Kier molecular flexibility index (Phi) is 5.36. The van der Waals surface area contributed by atoms with Crippen LogP contribution in [0.25, 0.3) is 16.7 Å². The van der Waals surface area contributed by atoms with Crippen molar-refractivity contribution in [1.29, 1.82) is 0 Å². The molecule has 0 spiro atoms. The number of benzene rings is 1. The first-order valence-electron chi connectivity index (χ1n) is 10.9. The number of nitrogens with one attached hydrogen (secondary N) is 2. The summed E-state index contributed by atoms with van der Waals surface area (Å²) >= 11 is 0. The molecular weight excluding hydrogens is 406 g/mol. The molecule has 5 rings (SSSR count). The third kappa shape index (κ3) is 3.85. The largest absolute Gasteiger partial charge is 0.497 e. The van der Waals surface area contributed by atoms with Crippen molar-refractivity contribution in [2.45, 2.75) is 39.0 Å². The van der Waals surface area contributed by atoms with E-state index in [1.54, 1.807) is 18.0 Å². The highest BCUT2D eigenvalue weighted by molar-refractivity contribution is 5.87. The highest BCUT2D eigenvalue weighted by Crippen LogP contribution is 2.19. The van der Waals surface area contributed by atoms with Gasteiger partial charge in [0.05, 0.1) is 19.0 Å². The molecule has 2 N–H and O–H groups in total. The summed E-state index contributed by atoms with van der Waals surface area (Å²) in [5.74, 6) is 0.780. The van der Waals surface area contributed by atoms with Crippen LogP contribution in [-0.2, 0) is 13.1 Å². The van der Waals surface area contributed by atoms with E-state index in [2.05, 4.69) is 40.2 Å². The SMILES string of the molecule is COc1ccc(Cn2c(=O)n3nc[nH+]c3c3cc(CN4C[C@@H](C)N[C@@H](C)C4)cnc32)cc1. The number of piperazine rings is 1. The molecule has 166 valence electrons. The molecule has 2 atom stereocenters. The van der Waals surface area contributed by atoms with Crippen molar-refractivity contribution in [2.75, 3.05) is 20.2 Å². The number of aromatic amines is 1. The smallest absolute Gasteiger partial charge is 0.425 e. The first-order chi connectivity index (χ1) is 15.5. The Morgan fingerprint density at radius 1 is 1.12 bits per heavy atom. The number of methoxy groups -OCH3 is 1. The monoisotopic (exact) mass is 434 g/mol. The Morgan fingerprint density at radius 2 is 1.88 bits per heavy atom. The van der Waals surface area contributed by atoms with Gasteiger partial charge in [-0.2, -0.15) is 0 Å². The number of H-pyrrole nitrogens is 1. The van der Waals surface area contributed by atoms with Gasteiger partial charge >= 0.3 is 5.69 Å². The number of hydrogen-bond donors (Lipinski definition) is 1. The van der Waals surface area contributed by atoms with E-state index < -0.39 is 0 Å². The van der Waals surface area contributed by atoms with Crippen LogP contribution in [0.1, 0.15) is 25.0 Å². The van der Waals surface area contributed by atoms with Gasteiger partial charge in [-0.3, -0.25) is 9.47 Å². The van der Waals surface area contributed by atoms with Crippen LogP contribution in [0.15, 0.2) is 47.7 Å². The Morgan fingerprint density at radius 3 is 2.59 bits per heavy atom. The van der Waals surface area contributed by atoms with Gasteiger partial charge in [0.2, 0.25) is 0 Å². The zero-order chi connectivity index (χ0) is 22.2. The van der Waals surface area contributed by atoms with Gasteiger partial charge in [-0.25, -0.2) is 14.8 Å². The molecule has 0 amide bonds. The zero-order valence-electron chi connectivity index (χ0n) is 18.6. The second kappa shape index (κ2) is 8.33. The van der Waals surface area contributed by atoms with E-state index in [4.69, 9.17) is 9.72 Å². The van der Waals surface area contributed by atoms with Crippen molar-refractivity contribution in [2.24, 2.45) is 0 Å². The van der Waals surface area contributed by atoms with Crippen LogP contribution in [0.2, 0.25) is 0 Å². The molecule has 1 fully saturated rings. The van der Waals surface area contributed by atoms with Crippen LogP contribution in [0.3, 0.4) is 0 Å². The summed E-state index contributed by atoms with van der Waals surface area (Å²) in [6, 6.07) is 10.7. The van der Waals surface area contributed by atoms with E-state index in [-0.39, 0.29) is 5.69 Å². The van der Waals surface area contributed by atoms with Crippen LogP contribution in [0.5, 0.6) is 5.75 Å². The average molecular weight is 435 g/mol. The summed E-state index contributed by atoms with van der Waals surface area (Å²) in [6.07, 6.45) is 3.43. The van der Waals surface area contributed by atoms with Gasteiger partial charge in [0.25, 0.3) is 12.0 Å². The molecular formula is C23H28N7O2+. The topological polar surface area (TPSA) is 90.8 Å². The van der Waals surface area contributed by atoms with Crippen molar-refractivity contribution in [3.63, 3.8) is 0 Å². The second-order valence-electron chi connectivity index (χ2n) is 8.64. The summed E-state index contributed by atoms with van der Waals surface area (Å²) in [5.41, 5.74) is 3.17. The normalized spacial score (nSPS) is 19.6. The van der Waals surface area contributed by atoms with Crippen molar-refractivity contribution in [3.8, 4) is 5.75 Å². The highest BCUT2D eigenvalue weighted by atomic mass is 16.5. The molecule has 1 saturated heterocycles. The standard InChI is InChI=1S/C23H27N7O2/c1-15-10-28(11-16(2)27-15)12-18-8-20-21(24-9-18)29(23(31)30-22(20)25-14-26-30)13-17-4-6-19(32-3)7-5-17/h4-9,14-16,27H,10-13H2,1-3H3/p+1/t15-,16+. The third-order valence-electron chi connectivity index (χ3n) is 5.97. The molecule has 1 aliphatic rings. The minimum absolute atomic E-state index is 0.227. The van der Waals surface area contributed by atoms with E-state index in [9.17, 15) is 4.79 Å². The minimum Gasteiger partial charge on any atom is -0.497 e. The summed E-state index contributed by atoms with van der Waals surface area (Å²) in [4.78, 5) is 23.5. The summed E-state index contributed by atoms with van der Waals surface area (Å²) < 4.78 is 8.32. The lowest BCUT2D eigenvalue weighted by atomic mass is 10.1. The van der Waals surface area contributed by atoms with Gasteiger partial charge in [-0.1, -0.05) is 12.1 Å². The molecule has 0 unspecified atom stereocenters. The number of fused-ring (bicyclic) bond motifs is 3. The molecule has 0 aliphatic carbocycles. The molecule has 32 heavy (non-hydrogen) atoms. The first kappa shape index (κ1) is 20.6. The maximum absolute atomic E-state index is 13.2. The molecule has 4 aromatic rings. The van der Waals surface area contributed by atoms with Crippen molar-refractivity contribution in [1.82, 2.24) is 29.4 Å². The predicted octanol–water partition coefficient (Wildman–Crippen LogP) is 1.10. The van der Waals surface area contributed by atoms with Crippen molar-refractivity contribution in [3.05, 3.63) is 64.5 Å². The second-order valence-corrected chi connectivity index (χ2v) is 8.64. The van der Waals surface area contributed by atoms with E-state index in [0.717, 1.165) is 41.9 Å². The molecule has 0 saturated carbocycles. The van der Waals surface area contributed by atoms with E-state index in [1.807, 2.05) is 30.5 Å². The Hall–Kier alpha value is -3.30. The number of hydrogen-bond acceptors (Lipinski definition) is 6. The molecule has 3 aromatic heterocycles. The lowest BCUT2D eigenvalue weighted by molar-refractivity contribution is -0.345. The number of nitrogens with zero attached hydrogens (tertiary/aromatic N) is 5. The van der Waals surface area contributed by atoms with Gasteiger partial charge < -0.3 is 10.1 Å². The number of aromatic nitrogens is 5. The first-order valence-corrected chi connectivity index (χ1v) is 10.9. The van der Waals surface area contributed by atoms with Crippen LogP contribution >= 0.6 is 0 Å². The van der Waals surface area contributed by atoms with Gasteiger partial charge in [0.15, 0.2) is 5.65 Å². The van der Waals surface area contributed by atoms with Crippen LogP contribution in [0.4, 0.5) is 0 Å². The van der Waals surface area contributed by atoms with Crippen molar-refractivity contribution >= 4 is 16.7 Å². The third-order valence-corrected chi connectivity index (χ3v) is 5.97. The van der Waals surface area contributed by atoms with E-state index in [0.29, 0.717) is 29.9 Å². The fourth-order valence-electron chi connectivity index (χ4n) is 4.67. The van der Waals surface area contributed by atoms with E-state index in [1.165, 1.54) is 4.52 Å². The minimum atomic E-state index is -0.227. The predicted molar refractivity (Wildman–Crippen MR) is 121 cm³/mol. The van der Waals surface area contributed by atoms with Gasteiger partial charge in [0, 0.05) is 43.0 Å². The van der Waals surface area contributed by atoms with Crippen LogP contribution < -0.4 is 20.7 Å². The molecule has 4 heterocycles. The Bertz CT molecular complexity index is 1300. The lowest BCUT2D eigenvalue weighted by Crippen LogP contribution is -2.53. The van der Waals surface area contributed by atoms with Gasteiger partial charge in [-0.15, -0.1) is 0 Å². The number of pyridine rings is 1. The number of rotatable bonds is 5. The average Bonchev–Trinajstić information content (AvgIpc) is 3.27. The molecule has 0 radical (unpaired) electrons. The molecule has 9 nitrogen and oxygen atoms in total.